The van der Waals surface area contributed by atoms with Gasteiger partial charge in [0, 0.05) is 12.7 Å². The Morgan fingerprint density at radius 1 is 1.33 bits per heavy atom. The minimum absolute atomic E-state index is 0. The quantitative estimate of drug-likeness (QED) is 0.318. The third kappa shape index (κ3) is 6.27. The fourth-order valence-corrected chi connectivity index (χ4v) is 2.83. The van der Waals surface area contributed by atoms with Gasteiger partial charge in [0.1, 0.15) is 15.9 Å². The molecule has 0 heterocycles. The minimum atomic E-state index is -4.74. The molecule has 0 spiro atoms. The normalized spacial score (nSPS) is 12.2. The van der Waals surface area contributed by atoms with Crippen LogP contribution in [0.3, 0.4) is 0 Å². The number of ether oxygens (including phenoxy) is 1. The molecule has 0 aromatic heterocycles. The molecule has 0 saturated carbocycles. The Labute approximate surface area is 164 Å². The molecule has 1 rings (SSSR count). The van der Waals surface area contributed by atoms with Gasteiger partial charge in [0.05, 0.1) is 18.3 Å². The van der Waals surface area contributed by atoms with E-state index in [-0.39, 0.29) is 47.5 Å². The Kier molecular flexibility index (Phi) is 9.34. The van der Waals surface area contributed by atoms with Crippen LogP contribution in [0.25, 0.3) is 0 Å². The van der Waals surface area contributed by atoms with Gasteiger partial charge < -0.3 is 14.2 Å². The average Bonchev–Trinajstić information content (AvgIpc) is 2.38. The van der Waals surface area contributed by atoms with Gasteiger partial charge in [0.15, 0.2) is 5.78 Å². The van der Waals surface area contributed by atoms with E-state index in [1.807, 2.05) is 0 Å². The van der Waals surface area contributed by atoms with Crippen molar-refractivity contribution in [1.29, 1.82) is 0 Å². The second-order valence-electron chi connectivity index (χ2n) is 5.30. The summed E-state index contributed by atoms with van der Waals surface area (Å²) in [7, 11) is -3.30. The Bertz CT molecular complexity index is 704. The fourth-order valence-electron chi connectivity index (χ4n) is 2.39. The largest absolute Gasteiger partial charge is 1.00 e. The summed E-state index contributed by atoms with van der Waals surface area (Å²) in [5.74, 6) is -2.33. The molecular formula is C15H20NNaO6S. The van der Waals surface area contributed by atoms with Gasteiger partial charge in [-0.05, 0) is 32.4 Å². The zero-order valence-electron chi connectivity index (χ0n) is 14.5. The maximum atomic E-state index is 12.4. The Balaban J connectivity index is 0.00000529. The second-order valence-corrected chi connectivity index (χ2v) is 6.70. The molecule has 0 aliphatic carbocycles. The summed E-state index contributed by atoms with van der Waals surface area (Å²) in [6.45, 7) is 4.82. The first-order valence-corrected chi connectivity index (χ1v) is 8.51. The summed E-state index contributed by atoms with van der Waals surface area (Å²) in [4.78, 5) is 25.4. The molecule has 1 unspecified atom stereocenters. The van der Waals surface area contributed by atoms with Gasteiger partial charge in [-0.25, -0.2) is 8.42 Å². The number of hydrogen-bond acceptors (Lipinski definition) is 6. The zero-order valence-corrected chi connectivity index (χ0v) is 17.3. The molecule has 0 radical (unpaired) electrons. The van der Waals surface area contributed by atoms with Crippen LogP contribution in [-0.4, -0.2) is 50.2 Å². The van der Waals surface area contributed by atoms with Crippen LogP contribution in [0.5, 0.6) is 0 Å². The summed E-state index contributed by atoms with van der Waals surface area (Å²) >= 11 is 0. The van der Waals surface area contributed by atoms with Crippen LogP contribution < -0.4 is 34.5 Å². The van der Waals surface area contributed by atoms with Crippen LogP contribution in [0, 0.1) is 6.92 Å². The van der Waals surface area contributed by atoms with Gasteiger partial charge in [-0.15, -0.1) is 0 Å². The van der Waals surface area contributed by atoms with Crippen molar-refractivity contribution in [3.63, 3.8) is 0 Å². The van der Waals surface area contributed by atoms with E-state index in [0.717, 1.165) is 4.90 Å². The van der Waals surface area contributed by atoms with Crippen molar-refractivity contribution in [1.82, 2.24) is 0 Å². The third-order valence-electron chi connectivity index (χ3n) is 3.28. The number of Topliss-reactive ketones (excluding diaryl/α,β-unsaturated/α-hetero) is 1. The maximum Gasteiger partial charge on any atom is 1.00 e. The first kappa shape index (κ1) is 23.2. The predicted octanol–water partition coefficient (Wildman–Crippen LogP) is -1.89. The molecule has 0 N–H and O–H groups in total. The number of carbonyl (C=O) groups excluding carboxylic acids is 2. The standard InChI is InChI=1S/C15H21NO6S.Na/c1-10-6-5-7-13(12(3)17)15(10)16(11(2)8-22-4)14(18)9-23(19,20)21;/h5-7,11H,8-9H2,1-4H3,(H,19,20,21);/q;+1/p-1. The molecule has 0 aliphatic heterocycles. The van der Waals surface area contributed by atoms with Gasteiger partial charge in [-0.3, -0.25) is 9.59 Å². The number of benzene rings is 1. The first-order chi connectivity index (χ1) is 10.6. The van der Waals surface area contributed by atoms with Crippen LogP contribution in [0.2, 0.25) is 0 Å². The number of ketones is 1. The van der Waals surface area contributed by atoms with Gasteiger partial charge in [-0.2, -0.15) is 0 Å². The number of amides is 1. The summed E-state index contributed by atoms with van der Waals surface area (Å²) < 4.78 is 37.9. The Hall–Kier alpha value is -0.770. The van der Waals surface area contributed by atoms with Crippen molar-refractivity contribution < 1.29 is 56.9 Å². The number of carbonyl (C=O) groups is 2. The van der Waals surface area contributed by atoms with Gasteiger partial charge in [-0.1, -0.05) is 12.1 Å². The summed E-state index contributed by atoms with van der Waals surface area (Å²) in [5, 5.41) is 0. The third-order valence-corrected chi connectivity index (χ3v) is 3.88. The van der Waals surface area contributed by atoms with Crippen molar-refractivity contribution in [2.45, 2.75) is 26.8 Å². The summed E-state index contributed by atoms with van der Waals surface area (Å²) in [5.41, 5.74) is 1.21. The van der Waals surface area contributed by atoms with Crippen molar-refractivity contribution in [2.24, 2.45) is 0 Å². The van der Waals surface area contributed by atoms with E-state index in [2.05, 4.69) is 0 Å². The molecular weight excluding hydrogens is 345 g/mol. The molecule has 0 bridgehead atoms. The number of anilines is 1. The van der Waals surface area contributed by atoms with Gasteiger partial charge >= 0.3 is 29.6 Å². The van der Waals surface area contributed by atoms with E-state index in [1.54, 1.807) is 32.0 Å². The second kappa shape index (κ2) is 9.65. The number of nitrogens with zero attached hydrogens (tertiary/aromatic N) is 1. The zero-order chi connectivity index (χ0) is 17.8. The minimum Gasteiger partial charge on any atom is -0.748 e. The van der Waals surface area contributed by atoms with Crippen molar-refractivity contribution in [2.75, 3.05) is 24.4 Å². The number of aryl methyl sites for hydroxylation is 1. The molecule has 1 aromatic carbocycles. The smallest absolute Gasteiger partial charge is 0.748 e. The van der Waals surface area contributed by atoms with E-state index in [9.17, 15) is 22.6 Å². The molecule has 1 aromatic rings. The number of para-hydroxylation sites is 1. The number of hydrogen-bond donors (Lipinski definition) is 0. The molecule has 7 nitrogen and oxygen atoms in total. The molecule has 0 fully saturated rings. The Morgan fingerprint density at radius 2 is 1.92 bits per heavy atom. The number of rotatable bonds is 7. The molecule has 1 amide bonds. The SMILES string of the molecule is COCC(C)N(C(=O)CS(=O)(=O)[O-])c1c(C)cccc1C(C)=O.[Na+]. The predicted molar refractivity (Wildman–Crippen MR) is 84.6 cm³/mol. The molecule has 128 valence electrons. The molecule has 0 aliphatic rings. The van der Waals surface area contributed by atoms with Crippen LogP contribution >= 0.6 is 0 Å². The Morgan fingerprint density at radius 3 is 2.38 bits per heavy atom. The van der Waals surface area contributed by atoms with E-state index in [4.69, 9.17) is 4.74 Å². The van der Waals surface area contributed by atoms with Crippen molar-refractivity contribution >= 4 is 27.5 Å². The van der Waals surface area contributed by atoms with Crippen LogP contribution in [0.4, 0.5) is 5.69 Å². The van der Waals surface area contributed by atoms with Gasteiger partial charge in [0.25, 0.3) is 0 Å². The molecule has 0 saturated heterocycles. The van der Waals surface area contributed by atoms with E-state index in [0.29, 0.717) is 11.3 Å². The average molecular weight is 365 g/mol. The van der Waals surface area contributed by atoms with Gasteiger partial charge in [0.2, 0.25) is 5.91 Å². The number of methoxy groups -OCH3 is 1. The van der Waals surface area contributed by atoms with Crippen LogP contribution in [-0.2, 0) is 19.6 Å². The first-order valence-electron chi connectivity index (χ1n) is 6.93. The monoisotopic (exact) mass is 365 g/mol. The fraction of sp³-hybridized carbons (Fsp3) is 0.467. The van der Waals surface area contributed by atoms with E-state index in [1.165, 1.54) is 14.0 Å². The summed E-state index contributed by atoms with van der Waals surface area (Å²) in [6.07, 6.45) is 0. The van der Waals surface area contributed by atoms with Crippen molar-refractivity contribution in [3.8, 4) is 0 Å². The van der Waals surface area contributed by atoms with Crippen LogP contribution in [0.15, 0.2) is 18.2 Å². The topological polar surface area (TPSA) is 104 Å². The summed E-state index contributed by atoms with van der Waals surface area (Å²) in [6, 6.07) is 4.38. The van der Waals surface area contributed by atoms with Crippen LogP contribution in [0.1, 0.15) is 29.8 Å². The molecule has 1 atom stereocenters. The van der Waals surface area contributed by atoms with E-state index >= 15 is 0 Å². The molecule has 9 heteroatoms. The van der Waals surface area contributed by atoms with E-state index < -0.39 is 27.8 Å². The van der Waals surface area contributed by atoms with Crippen molar-refractivity contribution in [3.05, 3.63) is 29.3 Å². The maximum absolute atomic E-state index is 12.4. The molecule has 24 heavy (non-hydrogen) atoms.